The summed E-state index contributed by atoms with van der Waals surface area (Å²) in [6.07, 6.45) is 3.63. The minimum Gasteiger partial charge on any atom is -0.497 e. The first-order valence-corrected chi connectivity index (χ1v) is 12.6. The van der Waals surface area contributed by atoms with E-state index in [9.17, 15) is 13.2 Å². The molecule has 1 aliphatic heterocycles. The van der Waals surface area contributed by atoms with Crippen molar-refractivity contribution in [3.05, 3.63) is 48.0 Å². The van der Waals surface area contributed by atoms with Gasteiger partial charge in [-0.15, -0.1) is 0 Å². The van der Waals surface area contributed by atoms with E-state index in [1.54, 1.807) is 23.5 Å². The van der Waals surface area contributed by atoms with Crippen LogP contribution in [0.4, 0.5) is 5.13 Å². The van der Waals surface area contributed by atoms with Crippen LogP contribution in [0.3, 0.4) is 0 Å². The van der Waals surface area contributed by atoms with Gasteiger partial charge in [0.25, 0.3) is 5.91 Å². The topological polar surface area (TPSA) is 88.6 Å². The van der Waals surface area contributed by atoms with E-state index in [1.807, 2.05) is 25.1 Å². The minimum absolute atomic E-state index is 0.0411. The van der Waals surface area contributed by atoms with Gasteiger partial charge in [-0.1, -0.05) is 24.7 Å². The molecule has 1 amide bonds. The number of aromatic nitrogens is 1. The summed E-state index contributed by atoms with van der Waals surface area (Å²) < 4.78 is 33.9. The second kappa shape index (κ2) is 8.94. The summed E-state index contributed by atoms with van der Waals surface area (Å²) in [7, 11) is -1.97. The quantitative estimate of drug-likeness (QED) is 0.586. The number of thiazole rings is 1. The maximum atomic E-state index is 13.1. The lowest BCUT2D eigenvalue weighted by molar-refractivity contribution is 0.102. The second-order valence-electron chi connectivity index (χ2n) is 7.50. The number of ether oxygens (including phenoxy) is 1. The van der Waals surface area contributed by atoms with E-state index < -0.39 is 10.0 Å². The Hall–Kier alpha value is -2.49. The van der Waals surface area contributed by atoms with E-state index in [0.29, 0.717) is 17.2 Å². The van der Waals surface area contributed by atoms with Crippen LogP contribution in [0.5, 0.6) is 5.75 Å². The number of nitrogens with one attached hydrogen (secondary N) is 1. The number of hydrogen-bond donors (Lipinski definition) is 1. The zero-order valence-electron chi connectivity index (χ0n) is 17.5. The van der Waals surface area contributed by atoms with E-state index in [1.165, 1.54) is 23.5 Å². The zero-order valence-corrected chi connectivity index (χ0v) is 19.1. The lowest BCUT2D eigenvalue weighted by Gasteiger charge is -2.34. The first-order chi connectivity index (χ1) is 14.9. The summed E-state index contributed by atoms with van der Waals surface area (Å²) in [6, 6.07) is 11.7. The van der Waals surface area contributed by atoms with Crippen molar-refractivity contribution >= 4 is 42.6 Å². The molecule has 0 aliphatic carbocycles. The predicted octanol–water partition coefficient (Wildman–Crippen LogP) is 4.51. The molecule has 9 heteroatoms. The highest BCUT2D eigenvalue weighted by Gasteiger charge is 2.32. The highest BCUT2D eigenvalue weighted by Crippen LogP contribution is 2.30. The van der Waals surface area contributed by atoms with Gasteiger partial charge in [0.15, 0.2) is 5.13 Å². The minimum atomic E-state index is -3.57. The van der Waals surface area contributed by atoms with Crippen LogP contribution in [-0.4, -0.2) is 43.3 Å². The molecule has 1 unspecified atom stereocenters. The highest BCUT2D eigenvalue weighted by atomic mass is 32.2. The lowest BCUT2D eigenvalue weighted by atomic mass is 10.0. The number of sulfonamides is 1. The van der Waals surface area contributed by atoms with Crippen LogP contribution in [0.2, 0.25) is 0 Å². The Kier molecular flexibility index (Phi) is 6.27. The van der Waals surface area contributed by atoms with Gasteiger partial charge < -0.3 is 4.74 Å². The molecule has 1 aliphatic rings. The number of rotatable bonds is 6. The predicted molar refractivity (Wildman–Crippen MR) is 122 cm³/mol. The Labute approximate surface area is 186 Å². The molecule has 4 rings (SSSR count). The summed E-state index contributed by atoms with van der Waals surface area (Å²) in [6.45, 7) is 2.57. The van der Waals surface area contributed by atoms with Crippen LogP contribution >= 0.6 is 11.3 Å². The maximum Gasteiger partial charge on any atom is 0.257 e. The Balaban J connectivity index is 1.50. The SMILES string of the molecule is CCC1CCCCN1S(=O)(=O)c1ccc(C(=O)Nc2nc3ccc(OC)cc3s2)cc1. The van der Waals surface area contributed by atoms with Crippen LogP contribution in [0, 0.1) is 0 Å². The number of nitrogens with zero attached hydrogens (tertiary/aromatic N) is 2. The second-order valence-corrected chi connectivity index (χ2v) is 10.4. The van der Waals surface area contributed by atoms with E-state index in [2.05, 4.69) is 10.3 Å². The average molecular weight is 460 g/mol. The normalized spacial score (nSPS) is 17.5. The number of benzene rings is 2. The van der Waals surface area contributed by atoms with Gasteiger partial charge in [0.1, 0.15) is 5.75 Å². The van der Waals surface area contributed by atoms with Gasteiger partial charge in [-0.05, 0) is 61.7 Å². The van der Waals surface area contributed by atoms with Crippen molar-refractivity contribution in [2.24, 2.45) is 0 Å². The molecule has 3 aromatic rings. The molecular weight excluding hydrogens is 434 g/mol. The summed E-state index contributed by atoms with van der Waals surface area (Å²) in [5.74, 6) is 0.393. The number of anilines is 1. The van der Waals surface area contributed by atoms with Gasteiger partial charge >= 0.3 is 0 Å². The molecule has 0 bridgehead atoms. The maximum absolute atomic E-state index is 13.1. The lowest BCUT2D eigenvalue weighted by Crippen LogP contribution is -2.43. The molecule has 1 N–H and O–H groups in total. The fourth-order valence-corrected chi connectivity index (χ4v) is 6.52. The van der Waals surface area contributed by atoms with Crippen LogP contribution in [0.25, 0.3) is 10.2 Å². The van der Waals surface area contributed by atoms with E-state index in [4.69, 9.17) is 4.74 Å². The zero-order chi connectivity index (χ0) is 22.0. The molecule has 0 saturated carbocycles. The molecule has 31 heavy (non-hydrogen) atoms. The number of carbonyl (C=O) groups is 1. The number of piperidine rings is 1. The number of methoxy groups -OCH3 is 1. The van der Waals surface area contributed by atoms with Crippen molar-refractivity contribution in [1.82, 2.24) is 9.29 Å². The third kappa shape index (κ3) is 4.44. The smallest absolute Gasteiger partial charge is 0.257 e. The van der Waals surface area contributed by atoms with Gasteiger partial charge in [-0.2, -0.15) is 4.31 Å². The Morgan fingerprint density at radius 1 is 1.23 bits per heavy atom. The largest absolute Gasteiger partial charge is 0.497 e. The molecule has 2 aromatic carbocycles. The van der Waals surface area contributed by atoms with Gasteiger partial charge in [-0.25, -0.2) is 13.4 Å². The molecule has 164 valence electrons. The summed E-state index contributed by atoms with van der Waals surface area (Å²) >= 11 is 1.35. The van der Waals surface area contributed by atoms with Gasteiger partial charge in [0.05, 0.1) is 22.2 Å². The average Bonchev–Trinajstić information content (AvgIpc) is 3.20. The van der Waals surface area contributed by atoms with Gasteiger partial charge in [0, 0.05) is 18.2 Å². The van der Waals surface area contributed by atoms with Crippen molar-refractivity contribution in [1.29, 1.82) is 0 Å². The van der Waals surface area contributed by atoms with Crippen molar-refractivity contribution < 1.29 is 17.9 Å². The van der Waals surface area contributed by atoms with Crippen molar-refractivity contribution in [3.63, 3.8) is 0 Å². The van der Waals surface area contributed by atoms with E-state index in [-0.39, 0.29) is 16.8 Å². The summed E-state index contributed by atoms with van der Waals surface area (Å²) in [5.41, 5.74) is 1.15. The molecule has 7 nitrogen and oxygen atoms in total. The van der Waals surface area contributed by atoms with Crippen LogP contribution in [0.15, 0.2) is 47.4 Å². The van der Waals surface area contributed by atoms with Crippen molar-refractivity contribution in [3.8, 4) is 5.75 Å². The van der Waals surface area contributed by atoms with Crippen molar-refractivity contribution in [2.45, 2.75) is 43.5 Å². The molecule has 1 saturated heterocycles. The monoisotopic (exact) mass is 459 g/mol. The molecule has 1 fully saturated rings. The third-order valence-electron chi connectivity index (χ3n) is 5.58. The van der Waals surface area contributed by atoms with Crippen LogP contribution < -0.4 is 10.1 Å². The Bertz CT molecular complexity index is 1190. The molecule has 0 spiro atoms. The number of fused-ring (bicyclic) bond motifs is 1. The Morgan fingerprint density at radius 3 is 2.71 bits per heavy atom. The summed E-state index contributed by atoms with van der Waals surface area (Å²) in [4.78, 5) is 17.3. The van der Waals surface area contributed by atoms with Gasteiger partial charge in [0.2, 0.25) is 10.0 Å². The van der Waals surface area contributed by atoms with Gasteiger partial charge in [-0.3, -0.25) is 10.1 Å². The first kappa shape index (κ1) is 21.7. The van der Waals surface area contributed by atoms with Crippen LogP contribution in [0.1, 0.15) is 43.0 Å². The van der Waals surface area contributed by atoms with Crippen molar-refractivity contribution in [2.75, 3.05) is 19.0 Å². The molecule has 1 atom stereocenters. The Morgan fingerprint density at radius 2 is 2.00 bits per heavy atom. The third-order valence-corrected chi connectivity index (χ3v) is 8.48. The summed E-state index contributed by atoms with van der Waals surface area (Å²) in [5, 5.41) is 3.27. The fraction of sp³-hybridized carbons (Fsp3) is 0.364. The first-order valence-electron chi connectivity index (χ1n) is 10.3. The standard InChI is InChI=1S/C22H25N3O4S2/c1-3-16-6-4-5-13-25(16)31(27,28)18-10-7-15(8-11-18)21(26)24-22-23-19-12-9-17(29-2)14-20(19)30-22/h7-12,14,16H,3-6,13H2,1-2H3,(H,23,24,26). The number of hydrogen-bond acceptors (Lipinski definition) is 6. The molecular formula is C22H25N3O4S2. The number of amides is 1. The highest BCUT2D eigenvalue weighted by molar-refractivity contribution is 7.89. The van der Waals surface area contributed by atoms with E-state index >= 15 is 0 Å². The van der Waals surface area contributed by atoms with E-state index in [0.717, 1.165) is 41.6 Å². The molecule has 2 heterocycles. The fourth-order valence-electron chi connectivity index (χ4n) is 3.87. The number of carbonyl (C=O) groups excluding carboxylic acids is 1. The molecule has 1 aromatic heterocycles. The van der Waals surface area contributed by atoms with Crippen LogP contribution in [-0.2, 0) is 10.0 Å². The molecule has 0 radical (unpaired) electrons.